The van der Waals surface area contributed by atoms with Crippen LogP contribution in [0, 0.1) is 5.92 Å². The van der Waals surface area contributed by atoms with Crippen LogP contribution in [0.15, 0.2) is 24.3 Å². The first-order valence-electron chi connectivity index (χ1n) is 5.67. The van der Waals surface area contributed by atoms with Gasteiger partial charge in [0, 0.05) is 4.83 Å². The summed E-state index contributed by atoms with van der Waals surface area (Å²) in [7, 11) is 0. The molecule has 0 heterocycles. The van der Waals surface area contributed by atoms with Crippen LogP contribution in [0.3, 0.4) is 0 Å². The van der Waals surface area contributed by atoms with Crippen LogP contribution in [-0.4, -0.2) is 9.93 Å². The van der Waals surface area contributed by atoms with E-state index >= 15 is 0 Å². The summed E-state index contributed by atoms with van der Waals surface area (Å²) < 4.78 is 0. The molecule has 0 amide bonds. The van der Waals surface area contributed by atoms with Gasteiger partial charge in [0.15, 0.2) is 0 Å². The van der Waals surface area contributed by atoms with E-state index in [4.69, 9.17) is 5.11 Å². The van der Waals surface area contributed by atoms with E-state index in [1.807, 2.05) is 12.1 Å². The maximum absolute atomic E-state index is 9.14. The highest BCUT2D eigenvalue weighted by Gasteiger charge is 2.28. The van der Waals surface area contributed by atoms with E-state index in [9.17, 15) is 0 Å². The highest BCUT2D eigenvalue weighted by molar-refractivity contribution is 9.09. The van der Waals surface area contributed by atoms with Crippen LogP contribution in [0.5, 0.6) is 5.75 Å². The average molecular weight is 269 g/mol. The second kappa shape index (κ2) is 5.02. The first-order chi connectivity index (χ1) is 7.25. The normalized spacial score (nSPS) is 17.7. The Labute approximate surface area is 99.6 Å². The first kappa shape index (κ1) is 11.0. The number of alkyl halides is 1. The van der Waals surface area contributed by atoms with Crippen LogP contribution in [0.2, 0.25) is 0 Å². The van der Waals surface area contributed by atoms with Crippen molar-refractivity contribution in [1.29, 1.82) is 0 Å². The Balaban J connectivity index is 1.70. The molecule has 0 radical (unpaired) electrons. The van der Waals surface area contributed by atoms with Crippen molar-refractivity contribution in [3.8, 4) is 5.75 Å². The smallest absolute Gasteiger partial charge is 0.115 e. The number of halogens is 1. The Kier molecular flexibility index (Phi) is 3.68. The molecule has 1 nitrogen and oxygen atoms in total. The van der Waals surface area contributed by atoms with Crippen LogP contribution in [0.1, 0.15) is 31.2 Å². The quantitative estimate of drug-likeness (QED) is 0.804. The lowest BCUT2D eigenvalue weighted by Crippen LogP contribution is -2.00. The lowest BCUT2D eigenvalue weighted by Gasteiger charge is -2.07. The standard InChI is InChI=1S/C13H17BrO/c14-13(11-6-7-11)3-1-2-10-4-8-12(15)9-5-10/h4-5,8-9,11,13,15H,1-3,6-7H2. The monoisotopic (exact) mass is 268 g/mol. The Hall–Kier alpha value is -0.500. The van der Waals surface area contributed by atoms with Gasteiger partial charge in [-0.3, -0.25) is 0 Å². The molecule has 1 aromatic rings. The maximum Gasteiger partial charge on any atom is 0.115 e. The van der Waals surface area contributed by atoms with Gasteiger partial charge in [0.05, 0.1) is 0 Å². The third-order valence-corrected chi connectivity index (χ3v) is 4.22. The van der Waals surface area contributed by atoms with Gasteiger partial charge in [0.25, 0.3) is 0 Å². The van der Waals surface area contributed by atoms with E-state index in [1.54, 1.807) is 12.1 Å². The molecule has 2 heteroatoms. The number of aryl methyl sites for hydroxylation is 1. The third-order valence-electron chi connectivity index (χ3n) is 3.02. The van der Waals surface area contributed by atoms with Crippen molar-refractivity contribution in [2.24, 2.45) is 5.92 Å². The van der Waals surface area contributed by atoms with E-state index in [1.165, 1.54) is 31.2 Å². The zero-order valence-corrected chi connectivity index (χ0v) is 10.4. The van der Waals surface area contributed by atoms with Crippen molar-refractivity contribution < 1.29 is 5.11 Å². The summed E-state index contributed by atoms with van der Waals surface area (Å²) >= 11 is 3.75. The molecule has 1 aliphatic carbocycles. The summed E-state index contributed by atoms with van der Waals surface area (Å²) in [6.45, 7) is 0. The molecular formula is C13H17BrO. The van der Waals surface area contributed by atoms with E-state index < -0.39 is 0 Å². The second-order valence-electron chi connectivity index (χ2n) is 4.41. The zero-order chi connectivity index (χ0) is 10.7. The van der Waals surface area contributed by atoms with Crippen LogP contribution in [0.4, 0.5) is 0 Å². The maximum atomic E-state index is 9.14. The molecule has 82 valence electrons. The molecule has 1 unspecified atom stereocenters. The highest BCUT2D eigenvalue weighted by Crippen LogP contribution is 2.38. The van der Waals surface area contributed by atoms with Gasteiger partial charge in [-0.05, 0) is 55.7 Å². The summed E-state index contributed by atoms with van der Waals surface area (Å²) in [6.07, 6.45) is 6.45. The number of hydrogen-bond donors (Lipinski definition) is 1. The van der Waals surface area contributed by atoms with E-state index in [0.717, 1.165) is 17.2 Å². The molecule has 0 aliphatic heterocycles. The van der Waals surface area contributed by atoms with Gasteiger partial charge < -0.3 is 5.11 Å². The fraction of sp³-hybridized carbons (Fsp3) is 0.538. The van der Waals surface area contributed by atoms with Crippen molar-refractivity contribution >= 4 is 15.9 Å². The number of phenols is 1. The van der Waals surface area contributed by atoms with Crippen molar-refractivity contribution in [1.82, 2.24) is 0 Å². The first-order valence-corrected chi connectivity index (χ1v) is 6.59. The molecule has 0 bridgehead atoms. The Morgan fingerprint density at radius 1 is 1.27 bits per heavy atom. The van der Waals surface area contributed by atoms with Gasteiger partial charge in [-0.1, -0.05) is 28.1 Å². The Bertz CT molecular complexity index is 303. The van der Waals surface area contributed by atoms with Crippen LogP contribution >= 0.6 is 15.9 Å². The minimum Gasteiger partial charge on any atom is -0.508 e. The average Bonchev–Trinajstić information content (AvgIpc) is 3.04. The molecule has 0 saturated heterocycles. The van der Waals surface area contributed by atoms with Crippen LogP contribution in [0.25, 0.3) is 0 Å². The van der Waals surface area contributed by atoms with E-state index in [0.29, 0.717) is 5.75 Å². The molecular weight excluding hydrogens is 252 g/mol. The minimum absolute atomic E-state index is 0.357. The summed E-state index contributed by atoms with van der Waals surface area (Å²) in [4.78, 5) is 0.731. The SMILES string of the molecule is Oc1ccc(CCCC(Br)C2CC2)cc1. The predicted molar refractivity (Wildman–Crippen MR) is 66.5 cm³/mol. The third kappa shape index (κ3) is 3.53. The highest BCUT2D eigenvalue weighted by atomic mass is 79.9. The second-order valence-corrected chi connectivity index (χ2v) is 5.59. The molecule has 1 N–H and O–H groups in total. The molecule has 0 aromatic heterocycles. The predicted octanol–water partition coefficient (Wildman–Crippen LogP) is 3.89. The molecule has 15 heavy (non-hydrogen) atoms. The Morgan fingerprint density at radius 2 is 1.93 bits per heavy atom. The van der Waals surface area contributed by atoms with Crippen molar-refractivity contribution in [2.45, 2.75) is 36.9 Å². The van der Waals surface area contributed by atoms with E-state index in [2.05, 4.69) is 15.9 Å². The number of hydrogen-bond acceptors (Lipinski definition) is 1. The minimum atomic E-state index is 0.357. The number of phenolic OH excluding ortho intramolecular Hbond substituents is 1. The van der Waals surface area contributed by atoms with Gasteiger partial charge in [0.2, 0.25) is 0 Å². The van der Waals surface area contributed by atoms with E-state index in [-0.39, 0.29) is 0 Å². The summed E-state index contributed by atoms with van der Waals surface area (Å²) in [5, 5.41) is 9.14. The number of aromatic hydroxyl groups is 1. The lowest BCUT2D eigenvalue weighted by molar-refractivity contribution is 0.475. The van der Waals surface area contributed by atoms with Crippen LogP contribution < -0.4 is 0 Å². The number of benzene rings is 1. The molecule has 1 saturated carbocycles. The summed E-state index contributed by atoms with van der Waals surface area (Å²) in [5.74, 6) is 1.31. The largest absolute Gasteiger partial charge is 0.508 e. The van der Waals surface area contributed by atoms with Gasteiger partial charge in [-0.25, -0.2) is 0 Å². The van der Waals surface area contributed by atoms with Crippen molar-refractivity contribution in [3.63, 3.8) is 0 Å². The molecule has 1 fully saturated rings. The van der Waals surface area contributed by atoms with Gasteiger partial charge >= 0.3 is 0 Å². The lowest BCUT2D eigenvalue weighted by atomic mass is 10.1. The fourth-order valence-corrected chi connectivity index (χ4v) is 2.71. The fourth-order valence-electron chi connectivity index (χ4n) is 1.86. The van der Waals surface area contributed by atoms with Crippen molar-refractivity contribution in [3.05, 3.63) is 29.8 Å². The summed E-state index contributed by atoms with van der Waals surface area (Å²) in [5.41, 5.74) is 1.32. The number of rotatable bonds is 5. The Morgan fingerprint density at radius 3 is 2.53 bits per heavy atom. The zero-order valence-electron chi connectivity index (χ0n) is 8.82. The molecule has 1 aliphatic rings. The summed E-state index contributed by atoms with van der Waals surface area (Å²) in [6, 6.07) is 7.55. The van der Waals surface area contributed by atoms with Gasteiger partial charge in [0.1, 0.15) is 5.75 Å². The molecule has 2 rings (SSSR count). The van der Waals surface area contributed by atoms with Gasteiger partial charge in [-0.15, -0.1) is 0 Å². The van der Waals surface area contributed by atoms with Crippen molar-refractivity contribution in [2.75, 3.05) is 0 Å². The van der Waals surface area contributed by atoms with Gasteiger partial charge in [-0.2, -0.15) is 0 Å². The molecule has 1 aromatic carbocycles. The molecule has 1 atom stereocenters. The topological polar surface area (TPSA) is 20.2 Å². The molecule has 0 spiro atoms. The van der Waals surface area contributed by atoms with Crippen LogP contribution in [-0.2, 0) is 6.42 Å².